The molecule has 1 aliphatic heterocycles. The average Bonchev–Trinajstić information content (AvgIpc) is 3.11. The van der Waals surface area contributed by atoms with Crippen LogP contribution in [0.2, 0.25) is 0 Å². The van der Waals surface area contributed by atoms with E-state index < -0.39 is 0 Å². The Morgan fingerprint density at radius 3 is 2.71 bits per heavy atom. The van der Waals surface area contributed by atoms with Crippen molar-refractivity contribution in [3.05, 3.63) is 0 Å². The summed E-state index contributed by atoms with van der Waals surface area (Å²) in [5.41, 5.74) is 6.92. The summed E-state index contributed by atoms with van der Waals surface area (Å²) in [4.78, 5) is 14.9. The van der Waals surface area contributed by atoms with Crippen molar-refractivity contribution in [1.82, 2.24) is 4.90 Å². The molecule has 0 aromatic carbocycles. The summed E-state index contributed by atoms with van der Waals surface area (Å²) in [7, 11) is 0. The van der Waals surface area contributed by atoms with E-state index >= 15 is 0 Å². The standard InChI is InChI=1S/C17H28N2O2/c18-15-12-3-4-14(10-12)17(15)5-1-2-13(11-17)16(20)19-6-8-21-9-7-19/h12-15H,1-11,18H2/t12-,13?,14?,15-,17?/m1/s1. The molecular formula is C17H28N2O2. The largest absolute Gasteiger partial charge is 0.378 e. The maximum atomic E-state index is 12.8. The molecule has 5 atom stereocenters. The first-order chi connectivity index (χ1) is 10.2. The van der Waals surface area contributed by atoms with Crippen molar-refractivity contribution in [3.63, 3.8) is 0 Å². The Morgan fingerprint density at radius 1 is 1.19 bits per heavy atom. The number of rotatable bonds is 1. The molecule has 4 nitrogen and oxygen atoms in total. The van der Waals surface area contributed by atoms with Gasteiger partial charge in [-0.25, -0.2) is 0 Å². The van der Waals surface area contributed by atoms with Gasteiger partial charge in [-0.3, -0.25) is 4.79 Å². The number of carbonyl (C=O) groups excluding carboxylic acids is 1. The molecule has 4 fully saturated rings. The van der Waals surface area contributed by atoms with Gasteiger partial charge in [-0.05, 0) is 55.8 Å². The van der Waals surface area contributed by atoms with E-state index in [4.69, 9.17) is 10.5 Å². The zero-order valence-corrected chi connectivity index (χ0v) is 12.9. The monoisotopic (exact) mass is 292 g/mol. The molecule has 4 heteroatoms. The first-order valence-corrected chi connectivity index (χ1v) is 8.83. The van der Waals surface area contributed by atoms with Crippen molar-refractivity contribution in [2.75, 3.05) is 26.3 Å². The quantitative estimate of drug-likeness (QED) is 0.801. The van der Waals surface area contributed by atoms with Crippen LogP contribution in [0, 0.1) is 23.2 Å². The van der Waals surface area contributed by atoms with Crippen molar-refractivity contribution < 1.29 is 9.53 Å². The van der Waals surface area contributed by atoms with Gasteiger partial charge in [0, 0.05) is 25.0 Å². The summed E-state index contributed by atoms with van der Waals surface area (Å²) < 4.78 is 5.37. The molecule has 0 aromatic heterocycles. The van der Waals surface area contributed by atoms with Gasteiger partial charge in [0.05, 0.1) is 13.2 Å². The lowest BCUT2D eigenvalue weighted by Crippen LogP contribution is -2.52. The third-order valence-electron chi connectivity index (χ3n) is 6.95. The Labute approximate surface area is 127 Å². The van der Waals surface area contributed by atoms with E-state index in [1.165, 1.54) is 32.1 Å². The zero-order valence-electron chi connectivity index (χ0n) is 12.9. The van der Waals surface area contributed by atoms with Crippen molar-refractivity contribution in [2.45, 2.75) is 51.0 Å². The molecule has 0 radical (unpaired) electrons. The summed E-state index contributed by atoms with van der Waals surface area (Å²) in [5, 5.41) is 0. The smallest absolute Gasteiger partial charge is 0.225 e. The number of fused-ring (bicyclic) bond motifs is 3. The molecule has 1 amide bonds. The van der Waals surface area contributed by atoms with Crippen LogP contribution in [-0.2, 0) is 9.53 Å². The average molecular weight is 292 g/mol. The summed E-state index contributed by atoms with van der Waals surface area (Å²) in [6, 6.07) is 0.358. The number of nitrogens with two attached hydrogens (primary N) is 1. The van der Waals surface area contributed by atoms with Crippen LogP contribution in [0.4, 0.5) is 0 Å². The van der Waals surface area contributed by atoms with Gasteiger partial charge in [0.25, 0.3) is 0 Å². The van der Waals surface area contributed by atoms with Gasteiger partial charge in [-0.1, -0.05) is 6.42 Å². The first kappa shape index (κ1) is 14.0. The van der Waals surface area contributed by atoms with E-state index in [1.807, 2.05) is 4.90 Å². The first-order valence-electron chi connectivity index (χ1n) is 8.83. The van der Waals surface area contributed by atoms with Crippen LogP contribution in [0.3, 0.4) is 0 Å². The second kappa shape index (κ2) is 5.24. The van der Waals surface area contributed by atoms with E-state index in [2.05, 4.69) is 0 Å². The van der Waals surface area contributed by atoms with E-state index in [0.29, 0.717) is 30.6 Å². The zero-order chi connectivity index (χ0) is 14.4. The molecule has 4 aliphatic rings. The van der Waals surface area contributed by atoms with Gasteiger partial charge < -0.3 is 15.4 Å². The Balaban J connectivity index is 1.49. The molecule has 4 rings (SSSR count). The molecule has 0 aromatic rings. The second-order valence-electron chi connectivity index (χ2n) is 7.76. The van der Waals surface area contributed by atoms with Gasteiger partial charge in [-0.15, -0.1) is 0 Å². The maximum absolute atomic E-state index is 12.8. The molecule has 1 saturated heterocycles. The molecule has 118 valence electrons. The minimum atomic E-state index is 0.224. The fourth-order valence-electron chi connectivity index (χ4n) is 5.87. The molecular weight excluding hydrogens is 264 g/mol. The summed E-state index contributed by atoms with van der Waals surface area (Å²) in [5.74, 6) is 2.15. The number of hydrogen-bond donors (Lipinski definition) is 1. The molecule has 1 spiro atoms. The number of morpholine rings is 1. The van der Waals surface area contributed by atoms with Crippen LogP contribution in [0.15, 0.2) is 0 Å². The summed E-state index contributed by atoms with van der Waals surface area (Å²) in [6.07, 6.45) is 8.61. The van der Waals surface area contributed by atoms with E-state index in [0.717, 1.165) is 37.8 Å². The van der Waals surface area contributed by atoms with Gasteiger partial charge in [0.2, 0.25) is 5.91 Å². The maximum Gasteiger partial charge on any atom is 0.225 e. The van der Waals surface area contributed by atoms with Crippen LogP contribution in [0.25, 0.3) is 0 Å². The predicted molar refractivity (Wildman–Crippen MR) is 80.6 cm³/mol. The highest BCUT2D eigenvalue weighted by molar-refractivity contribution is 5.79. The molecule has 2 N–H and O–H groups in total. The highest BCUT2D eigenvalue weighted by atomic mass is 16.5. The third-order valence-corrected chi connectivity index (χ3v) is 6.95. The molecule has 21 heavy (non-hydrogen) atoms. The minimum absolute atomic E-state index is 0.224. The summed E-state index contributed by atoms with van der Waals surface area (Å²) in [6.45, 7) is 2.96. The Kier molecular flexibility index (Phi) is 3.49. The van der Waals surface area contributed by atoms with Crippen LogP contribution in [-0.4, -0.2) is 43.2 Å². The van der Waals surface area contributed by atoms with E-state index in [1.54, 1.807) is 0 Å². The van der Waals surface area contributed by atoms with Crippen LogP contribution in [0.5, 0.6) is 0 Å². The number of amides is 1. The number of hydrogen-bond acceptors (Lipinski definition) is 3. The normalized spacial score (nSPS) is 46.2. The number of carbonyl (C=O) groups is 1. The summed E-state index contributed by atoms with van der Waals surface area (Å²) >= 11 is 0. The van der Waals surface area contributed by atoms with Gasteiger partial charge in [0.1, 0.15) is 0 Å². The van der Waals surface area contributed by atoms with Gasteiger partial charge in [-0.2, -0.15) is 0 Å². The lowest BCUT2D eigenvalue weighted by atomic mass is 9.59. The van der Waals surface area contributed by atoms with Crippen molar-refractivity contribution >= 4 is 5.91 Å². The Morgan fingerprint density at radius 2 is 2.00 bits per heavy atom. The van der Waals surface area contributed by atoms with Crippen molar-refractivity contribution in [1.29, 1.82) is 0 Å². The van der Waals surface area contributed by atoms with Crippen LogP contribution < -0.4 is 5.73 Å². The highest BCUT2D eigenvalue weighted by Gasteiger charge is 2.58. The van der Waals surface area contributed by atoms with E-state index in [9.17, 15) is 4.79 Å². The third kappa shape index (κ3) is 2.14. The molecule has 1 heterocycles. The molecule has 3 aliphatic carbocycles. The molecule has 3 saturated carbocycles. The second-order valence-corrected chi connectivity index (χ2v) is 7.76. The number of ether oxygens (including phenoxy) is 1. The lowest BCUT2D eigenvalue weighted by Gasteiger charge is -2.48. The predicted octanol–water partition coefficient (Wildman–Crippen LogP) is 1.78. The SMILES string of the molecule is N[C@@H]1[C@@H]2CCC(C2)C12CCCC(C(=O)N1CCOCC1)C2. The van der Waals surface area contributed by atoms with Crippen molar-refractivity contribution in [2.24, 2.45) is 28.9 Å². The van der Waals surface area contributed by atoms with Crippen LogP contribution >= 0.6 is 0 Å². The Hall–Kier alpha value is -0.610. The topological polar surface area (TPSA) is 55.6 Å². The Bertz CT molecular complexity index is 417. The van der Waals surface area contributed by atoms with E-state index in [-0.39, 0.29) is 5.92 Å². The van der Waals surface area contributed by atoms with Gasteiger partial charge in [0.15, 0.2) is 0 Å². The lowest BCUT2D eigenvalue weighted by molar-refractivity contribution is -0.143. The minimum Gasteiger partial charge on any atom is -0.378 e. The fourth-order valence-corrected chi connectivity index (χ4v) is 5.87. The fraction of sp³-hybridized carbons (Fsp3) is 0.941. The molecule has 2 bridgehead atoms. The number of nitrogens with zero attached hydrogens (tertiary/aromatic N) is 1. The molecule has 3 unspecified atom stereocenters. The van der Waals surface area contributed by atoms with Gasteiger partial charge >= 0.3 is 0 Å². The van der Waals surface area contributed by atoms with Crippen molar-refractivity contribution in [3.8, 4) is 0 Å². The van der Waals surface area contributed by atoms with Crippen LogP contribution in [0.1, 0.15) is 44.9 Å². The highest BCUT2D eigenvalue weighted by Crippen LogP contribution is 2.61.